The molecule has 4 nitrogen and oxygen atoms in total. The smallest absolute Gasteiger partial charge is 0.138 e. The summed E-state index contributed by atoms with van der Waals surface area (Å²) < 4.78 is 11.5. The number of ether oxygens (including phenoxy) is 2. The molecule has 1 aromatic rings. The quantitative estimate of drug-likeness (QED) is 0.769. The maximum Gasteiger partial charge on any atom is 0.138 e. The lowest BCUT2D eigenvalue weighted by atomic mass is 10.2. The first-order valence-electron chi connectivity index (χ1n) is 5.62. The fraction of sp³-hybridized carbons (Fsp3) is 0.583. The molecule has 2 rings (SSSR count). The van der Waals surface area contributed by atoms with Gasteiger partial charge in [-0.1, -0.05) is 0 Å². The van der Waals surface area contributed by atoms with Crippen LogP contribution in [-0.4, -0.2) is 48.8 Å². The van der Waals surface area contributed by atoms with E-state index in [1.54, 1.807) is 12.4 Å². The first kappa shape index (κ1) is 11.4. The highest BCUT2D eigenvalue weighted by atomic mass is 16.5. The molecule has 0 aliphatic carbocycles. The largest absolute Gasteiger partial charge is 0.486 e. The van der Waals surface area contributed by atoms with Crippen LogP contribution in [-0.2, 0) is 4.74 Å². The van der Waals surface area contributed by atoms with E-state index in [-0.39, 0.29) is 12.2 Å². The van der Waals surface area contributed by atoms with Gasteiger partial charge in [-0.3, -0.25) is 4.98 Å². The minimum absolute atomic E-state index is 0.0481. The maximum absolute atomic E-state index is 5.79. The number of aromatic nitrogens is 1. The van der Waals surface area contributed by atoms with Crippen LogP contribution < -0.4 is 4.74 Å². The Hall–Kier alpha value is -1.13. The molecular formula is C12H18N2O2. The Balaban J connectivity index is 1.90. The summed E-state index contributed by atoms with van der Waals surface area (Å²) in [5, 5.41) is 0. The Morgan fingerprint density at radius 1 is 1.62 bits per heavy atom. The molecule has 0 radical (unpaired) electrons. The first-order valence-corrected chi connectivity index (χ1v) is 5.62. The Bertz CT molecular complexity index is 318. The number of morpholine rings is 1. The number of nitrogens with zero attached hydrogens (tertiary/aromatic N) is 2. The van der Waals surface area contributed by atoms with E-state index in [0.29, 0.717) is 0 Å². The minimum Gasteiger partial charge on any atom is -0.486 e. The van der Waals surface area contributed by atoms with Crippen molar-refractivity contribution in [3.05, 3.63) is 24.5 Å². The Morgan fingerprint density at radius 3 is 3.19 bits per heavy atom. The van der Waals surface area contributed by atoms with Crippen molar-refractivity contribution in [2.75, 3.05) is 26.7 Å². The Labute approximate surface area is 96.2 Å². The van der Waals surface area contributed by atoms with E-state index in [9.17, 15) is 0 Å². The van der Waals surface area contributed by atoms with Crippen LogP contribution in [0.15, 0.2) is 24.5 Å². The van der Waals surface area contributed by atoms with Crippen molar-refractivity contribution in [2.24, 2.45) is 0 Å². The van der Waals surface area contributed by atoms with E-state index in [4.69, 9.17) is 9.47 Å². The topological polar surface area (TPSA) is 34.6 Å². The number of hydrogen-bond donors (Lipinski definition) is 0. The van der Waals surface area contributed by atoms with Crippen molar-refractivity contribution < 1.29 is 9.47 Å². The number of hydrogen-bond acceptors (Lipinski definition) is 4. The molecule has 1 saturated heterocycles. The van der Waals surface area contributed by atoms with E-state index in [2.05, 4.69) is 16.9 Å². The van der Waals surface area contributed by atoms with Gasteiger partial charge < -0.3 is 14.4 Å². The summed E-state index contributed by atoms with van der Waals surface area (Å²) in [6, 6.07) is 3.78. The average molecular weight is 222 g/mol. The molecule has 1 aliphatic rings. The molecule has 0 saturated carbocycles. The highest BCUT2D eigenvalue weighted by Crippen LogP contribution is 2.15. The van der Waals surface area contributed by atoms with Gasteiger partial charge in [0.25, 0.3) is 0 Å². The van der Waals surface area contributed by atoms with Gasteiger partial charge >= 0.3 is 0 Å². The summed E-state index contributed by atoms with van der Waals surface area (Å²) in [4.78, 5) is 6.28. The highest BCUT2D eigenvalue weighted by Gasteiger charge is 2.24. The monoisotopic (exact) mass is 222 g/mol. The normalized spacial score (nSPS) is 24.0. The lowest BCUT2D eigenvalue weighted by Crippen LogP contribution is -2.46. The van der Waals surface area contributed by atoms with Crippen LogP contribution in [0, 0.1) is 0 Å². The van der Waals surface area contributed by atoms with Crippen molar-refractivity contribution in [1.29, 1.82) is 0 Å². The maximum atomic E-state index is 5.79. The number of rotatable bonds is 3. The third kappa shape index (κ3) is 2.93. The summed E-state index contributed by atoms with van der Waals surface area (Å²) >= 11 is 0. The molecule has 0 bridgehead atoms. The third-order valence-corrected chi connectivity index (χ3v) is 2.78. The van der Waals surface area contributed by atoms with E-state index in [1.807, 2.05) is 19.1 Å². The van der Waals surface area contributed by atoms with Crippen LogP contribution in [0.2, 0.25) is 0 Å². The molecule has 0 aromatic carbocycles. The average Bonchev–Trinajstić information content (AvgIpc) is 2.30. The predicted octanol–water partition coefficient (Wildman–Crippen LogP) is 1.18. The van der Waals surface area contributed by atoms with Gasteiger partial charge in [0.1, 0.15) is 18.0 Å². The van der Waals surface area contributed by atoms with Gasteiger partial charge in [0.05, 0.1) is 12.8 Å². The lowest BCUT2D eigenvalue weighted by molar-refractivity contribution is -0.0690. The van der Waals surface area contributed by atoms with Crippen LogP contribution in [0.5, 0.6) is 5.75 Å². The van der Waals surface area contributed by atoms with Gasteiger partial charge in [0.15, 0.2) is 0 Å². The molecule has 1 aliphatic heterocycles. The zero-order valence-electron chi connectivity index (χ0n) is 9.80. The fourth-order valence-corrected chi connectivity index (χ4v) is 1.80. The second-order valence-electron chi connectivity index (χ2n) is 4.18. The molecule has 4 heteroatoms. The van der Waals surface area contributed by atoms with Crippen LogP contribution in [0.4, 0.5) is 0 Å². The molecular weight excluding hydrogens is 204 g/mol. The third-order valence-electron chi connectivity index (χ3n) is 2.78. The van der Waals surface area contributed by atoms with Crippen LogP contribution in [0.3, 0.4) is 0 Å². The molecule has 2 atom stereocenters. The first-order chi connectivity index (χ1) is 7.75. The predicted molar refractivity (Wildman–Crippen MR) is 61.6 cm³/mol. The number of likely N-dealkylation sites (N-methyl/N-ethyl adjacent to an activating group) is 1. The van der Waals surface area contributed by atoms with Gasteiger partial charge in [-0.05, 0) is 26.1 Å². The fourth-order valence-electron chi connectivity index (χ4n) is 1.80. The molecule has 0 amide bonds. The summed E-state index contributed by atoms with van der Waals surface area (Å²) in [7, 11) is 2.10. The second-order valence-corrected chi connectivity index (χ2v) is 4.18. The Kier molecular flexibility index (Phi) is 3.74. The zero-order valence-corrected chi connectivity index (χ0v) is 9.80. The summed E-state index contributed by atoms with van der Waals surface area (Å²) in [5.41, 5.74) is 0. The van der Waals surface area contributed by atoms with Crippen molar-refractivity contribution in [3.63, 3.8) is 0 Å². The summed E-state index contributed by atoms with van der Waals surface area (Å²) in [5.74, 6) is 0.798. The van der Waals surface area contributed by atoms with Gasteiger partial charge in [-0.2, -0.15) is 0 Å². The van der Waals surface area contributed by atoms with Gasteiger partial charge in [0.2, 0.25) is 0 Å². The molecule has 0 spiro atoms. The van der Waals surface area contributed by atoms with E-state index in [0.717, 1.165) is 25.4 Å². The molecule has 1 fully saturated rings. The summed E-state index contributed by atoms with van der Waals surface area (Å²) in [6.45, 7) is 4.73. The van der Waals surface area contributed by atoms with Crippen molar-refractivity contribution in [2.45, 2.75) is 19.1 Å². The molecule has 88 valence electrons. The SMILES string of the molecule is C[C@H](Oc1cccnc1)[C@@H]1CN(C)CCO1. The lowest BCUT2D eigenvalue weighted by Gasteiger charge is -2.33. The van der Waals surface area contributed by atoms with Gasteiger partial charge in [-0.25, -0.2) is 0 Å². The molecule has 1 aromatic heterocycles. The van der Waals surface area contributed by atoms with E-state index < -0.39 is 0 Å². The molecule has 2 heterocycles. The molecule has 0 N–H and O–H groups in total. The zero-order chi connectivity index (χ0) is 11.4. The molecule has 16 heavy (non-hydrogen) atoms. The van der Waals surface area contributed by atoms with Gasteiger partial charge in [0, 0.05) is 19.3 Å². The molecule has 0 unspecified atom stereocenters. The Morgan fingerprint density at radius 2 is 2.50 bits per heavy atom. The van der Waals surface area contributed by atoms with E-state index in [1.165, 1.54) is 0 Å². The standard InChI is InChI=1S/C12H18N2O2/c1-10(12-9-14(2)6-7-15-12)16-11-4-3-5-13-8-11/h3-5,8,10,12H,6-7,9H2,1-2H3/t10-,12-/m0/s1. The highest BCUT2D eigenvalue weighted by molar-refractivity contribution is 5.15. The van der Waals surface area contributed by atoms with Crippen molar-refractivity contribution >= 4 is 0 Å². The van der Waals surface area contributed by atoms with Crippen LogP contribution >= 0.6 is 0 Å². The minimum atomic E-state index is 0.0481. The van der Waals surface area contributed by atoms with E-state index >= 15 is 0 Å². The van der Waals surface area contributed by atoms with Crippen molar-refractivity contribution in [1.82, 2.24) is 9.88 Å². The summed E-state index contributed by atoms with van der Waals surface area (Å²) in [6.07, 6.45) is 3.65. The van der Waals surface area contributed by atoms with Crippen molar-refractivity contribution in [3.8, 4) is 5.75 Å². The second kappa shape index (κ2) is 5.27. The van der Waals surface area contributed by atoms with Crippen LogP contribution in [0.1, 0.15) is 6.92 Å². The number of pyridine rings is 1. The van der Waals surface area contributed by atoms with Gasteiger partial charge in [-0.15, -0.1) is 0 Å². The van der Waals surface area contributed by atoms with Crippen LogP contribution in [0.25, 0.3) is 0 Å².